The van der Waals surface area contributed by atoms with Crippen molar-refractivity contribution in [3.05, 3.63) is 47.2 Å². The van der Waals surface area contributed by atoms with Crippen molar-refractivity contribution in [2.45, 2.75) is 17.6 Å². The fourth-order valence-corrected chi connectivity index (χ4v) is 3.19. The van der Waals surface area contributed by atoms with Crippen molar-refractivity contribution in [2.24, 2.45) is 0 Å². The average molecular weight is 303 g/mol. The quantitative estimate of drug-likeness (QED) is 0.583. The van der Waals surface area contributed by atoms with Gasteiger partial charge < -0.3 is 10.3 Å². The number of rotatable bonds is 4. The maximum atomic E-state index is 5.98. The van der Waals surface area contributed by atoms with Crippen molar-refractivity contribution >= 4 is 28.8 Å². The van der Waals surface area contributed by atoms with Crippen LogP contribution in [0.4, 0.5) is 5.69 Å². The Labute approximate surface area is 125 Å². The van der Waals surface area contributed by atoms with Gasteiger partial charge in [0.15, 0.2) is 0 Å². The van der Waals surface area contributed by atoms with Crippen molar-refractivity contribution in [1.29, 1.82) is 0 Å². The van der Waals surface area contributed by atoms with Gasteiger partial charge in [-0.3, -0.25) is 0 Å². The lowest BCUT2D eigenvalue weighted by Gasteiger charge is -2.04. The topological polar surface area (TPSA) is 64.9 Å². The zero-order chi connectivity index (χ0) is 13.9. The molecule has 2 heterocycles. The van der Waals surface area contributed by atoms with Crippen LogP contribution in [0.25, 0.3) is 10.7 Å². The molecule has 2 N–H and O–H groups in total. The predicted molar refractivity (Wildman–Crippen MR) is 82.8 cm³/mol. The number of anilines is 1. The molecule has 3 aromatic rings. The van der Waals surface area contributed by atoms with Crippen molar-refractivity contribution < 1.29 is 4.52 Å². The minimum Gasteiger partial charge on any atom is -0.398 e. The van der Waals surface area contributed by atoms with E-state index >= 15 is 0 Å². The first-order chi connectivity index (χ1) is 9.72. The summed E-state index contributed by atoms with van der Waals surface area (Å²) in [6.45, 7) is 2.02. The summed E-state index contributed by atoms with van der Waals surface area (Å²) in [5, 5.41) is 5.98. The molecule has 0 aliphatic carbocycles. The van der Waals surface area contributed by atoms with E-state index < -0.39 is 0 Å². The number of nitrogens with two attached hydrogens (primary N) is 1. The molecule has 0 radical (unpaired) electrons. The standard InChI is InChI=1S/C14H13N3OS2/c1-9-4-5-11(10(15)7-9)20-8-13-16-14(17-18-13)12-3-2-6-19-12/h2-7H,8,15H2,1H3. The van der Waals surface area contributed by atoms with Crippen LogP contribution >= 0.6 is 23.1 Å². The molecule has 0 saturated heterocycles. The summed E-state index contributed by atoms with van der Waals surface area (Å²) < 4.78 is 5.26. The lowest BCUT2D eigenvalue weighted by Crippen LogP contribution is -1.90. The zero-order valence-corrected chi connectivity index (χ0v) is 12.5. The summed E-state index contributed by atoms with van der Waals surface area (Å²) in [4.78, 5) is 6.43. The Morgan fingerprint density at radius 1 is 1.35 bits per heavy atom. The number of hydrogen-bond acceptors (Lipinski definition) is 6. The molecule has 3 rings (SSSR count). The van der Waals surface area contributed by atoms with E-state index in [1.54, 1.807) is 23.1 Å². The first kappa shape index (κ1) is 13.2. The third-order valence-electron chi connectivity index (χ3n) is 2.73. The summed E-state index contributed by atoms with van der Waals surface area (Å²) in [6.07, 6.45) is 0. The number of nitrogens with zero attached hydrogens (tertiary/aromatic N) is 2. The van der Waals surface area contributed by atoms with E-state index in [1.165, 1.54) is 0 Å². The normalized spacial score (nSPS) is 10.8. The molecule has 0 atom stereocenters. The SMILES string of the molecule is Cc1ccc(SCc2nc(-c3cccs3)no2)c(N)c1. The van der Waals surface area contributed by atoms with E-state index in [2.05, 4.69) is 10.1 Å². The number of nitrogen functional groups attached to an aromatic ring is 1. The predicted octanol–water partition coefficient (Wildman–Crippen LogP) is 3.98. The van der Waals surface area contributed by atoms with Gasteiger partial charge in [-0.25, -0.2) is 0 Å². The Morgan fingerprint density at radius 2 is 2.25 bits per heavy atom. The van der Waals surface area contributed by atoms with E-state index in [9.17, 15) is 0 Å². The number of benzene rings is 1. The lowest BCUT2D eigenvalue weighted by molar-refractivity contribution is 0.392. The molecule has 0 fully saturated rings. The summed E-state index contributed by atoms with van der Waals surface area (Å²) in [5.74, 6) is 1.87. The minimum atomic E-state index is 0.610. The van der Waals surface area contributed by atoms with Gasteiger partial charge in [-0.1, -0.05) is 17.3 Å². The highest BCUT2D eigenvalue weighted by Gasteiger charge is 2.10. The fourth-order valence-electron chi connectivity index (χ4n) is 1.76. The van der Waals surface area contributed by atoms with E-state index in [1.807, 2.05) is 42.6 Å². The molecule has 102 valence electrons. The minimum absolute atomic E-state index is 0.610. The molecular weight excluding hydrogens is 290 g/mol. The van der Waals surface area contributed by atoms with Gasteiger partial charge in [-0.15, -0.1) is 23.1 Å². The number of aromatic nitrogens is 2. The Bertz CT molecular complexity index is 707. The maximum Gasteiger partial charge on any atom is 0.237 e. The van der Waals surface area contributed by atoms with Crippen LogP contribution in [0.2, 0.25) is 0 Å². The Hall–Kier alpha value is -1.79. The molecule has 0 saturated carbocycles. The zero-order valence-electron chi connectivity index (χ0n) is 10.9. The van der Waals surface area contributed by atoms with E-state index in [0.29, 0.717) is 17.5 Å². The fraction of sp³-hybridized carbons (Fsp3) is 0.143. The maximum absolute atomic E-state index is 5.98. The second kappa shape index (κ2) is 5.68. The molecule has 0 unspecified atom stereocenters. The number of hydrogen-bond donors (Lipinski definition) is 1. The second-order valence-electron chi connectivity index (χ2n) is 4.32. The van der Waals surface area contributed by atoms with Crippen LogP contribution in [0, 0.1) is 6.92 Å². The van der Waals surface area contributed by atoms with Crippen LogP contribution in [0.15, 0.2) is 45.1 Å². The third kappa shape index (κ3) is 2.86. The molecule has 4 nitrogen and oxygen atoms in total. The molecule has 0 aliphatic rings. The van der Waals surface area contributed by atoms with Crippen LogP contribution in [0.1, 0.15) is 11.5 Å². The Balaban J connectivity index is 1.70. The smallest absolute Gasteiger partial charge is 0.237 e. The molecule has 0 aliphatic heterocycles. The van der Waals surface area contributed by atoms with Crippen molar-refractivity contribution in [3.63, 3.8) is 0 Å². The average Bonchev–Trinajstić information content (AvgIpc) is 3.08. The van der Waals surface area contributed by atoms with Crippen LogP contribution < -0.4 is 5.73 Å². The van der Waals surface area contributed by atoms with Gasteiger partial charge in [0.05, 0.1) is 10.6 Å². The van der Waals surface area contributed by atoms with Crippen molar-refractivity contribution in [1.82, 2.24) is 10.1 Å². The Kier molecular flexibility index (Phi) is 3.75. The molecule has 0 spiro atoms. The van der Waals surface area contributed by atoms with Crippen LogP contribution in [0.3, 0.4) is 0 Å². The molecule has 0 amide bonds. The highest BCUT2D eigenvalue weighted by Crippen LogP contribution is 2.29. The van der Waals surface area contributed by atoms with Gasteiger partial charge in [0.2, 0.25) is 11.7 Å². The highest BCUT2D eigenvalue weighted by molar-refractivity contribution is 7.98. The molecular formula is C14H13N3OS2. The van der Waals surface area contributed by atoms with E-state index in [4.69, 9.17) is 10.3 Å². The van der Waals surface area contributed by atoms with Gasteiger partial charge >= 0.3 is 0 Å². The van der Waals surface area contributed by atoms with Gasteiger partial charge in [-0.2, -0.15) is 4.98 Å². The summed E-state index contributed by atoms with van der Waals surface area (Å²) >= 11 is 3.20. The lowest BCUT2D eigenvalue weighted by atomic mass is 10.2. The van der Waals surface area contributed by atoms with Gasteiger partial charge in [0.25, 0.3) is 0 Å². The van der Waals surface area contributed by atoms with Gasteiger partial charge in [-0.05, 0) is 36.1 Å². The molecule has 1 aromatic carbocycles. The number of thiophene rings is 1. The first-order valence-electron chi connectivity index (χ1n) is 6.08. The van der Waals surface area contributed by atoms with Crippen LogP contribution in [-0.2, 0) is 5.75 Å². The second-order valence-corrected chi connectivity index (χ2v) is 6.28. The van der Waals surface area contributed by atoms with Crippen LogP contribution in [0.5, 0.6) is 0 Å². The third-order valence-corrected chi connectivity index (χ3v) is 4.67. The van der Waals surface area contributed by atoms with Crippen molar-refractivity contribution in [3.8, 4) is 10.7 Å². The first-order valence-corrected chi connectivity index (χ1v) is 7.94. The summed E-state index contributed by atoms with van der Waals surface area (Å²) in [7, 11) is 0. The van der Waals surface area contributed by atoms with E-state index in [0.717, 1.165) is 21.0 Å². The van der Waals surface area contributed by atoms with E-state index in [-0.39, 0.29) is 0 Å². The monoisotopic (exact) mass is 303 g/mol. The number of aryl methyl sites for hydroxylation is 1. The Morgan fingerprint density at radius 3 is 3.00 bits per heavy atom. The largest absolute Gasteiger partial charge is 0.398 e. The highest BCUT2D eigenvalue weighted by atomic mass is 32.2. The van der Waals surface area contributed by atoms with Crippen molar-refractivity contribution in [2.75, 3.05) is 5.73 Å². The van der Waals surface area contributed by atoms with Gasteiger partial charge in [0.1, 0.15) is 0 Å². The van der Waals surface area contributed by atoms with Crippen LogP contribution in [-0.4, -0.2) is 10.1 Å². The molecule has 20 heavy (non-hydrogen) atoms. The molecule has 2 aromatic heterocycles. The molecule has 0 bridgehead atoms. The summed E-state index contributed by atoms with van der Waals surface area (Å²) in [6, 6.07) is 9.98. The van der Waals surface area contributed by atoms with Gasteiger partial charge in [0, 0.05) is 10.6 Å². The number of thioether (sulfide) groups is 1. The summed E-state index contributed by atoms with van der Waals surface area (Å²) in [5.41, 5.74) is 7.92. The molecule has 6 heteroatoms.